The maximum Gasteiger partial charge on any atom is 0.325 e. The third-order valence-electron chi connectivity index (χ3n) is 4.73. The summed E-state index contributed by atoms with van der Waals surface area (Å²) in [5.74, 6) is 1.00. The Bertz CT molecular complexity index is 873. The van der Waals surface area contributed by atoms with Gasteiger partial charge >= 0.3 is 5.69 Å². The standard InChI is InChI=1S/C17H24N6O3/c1-21(2)9-10-22-8-5-18-14(22)12-3-6-23(7-4-12)16(25)13-11-19-17(26)20-15(13)24/h5,8,11-12H,3-4,6-7,9-10H2,1-2H3,(H2,19,20,24,26). The van der Waals surface area contributed by atoms with Crippen LogP contribution in [0.5, 0.6) is 0 Å². The molecule has 1 saturated heterocycles. The van der Waals surface area contributed by atoms with E-state index in [-0.39, 0.29) is 11.5 Å². The van der Waals surface area contributed by atoms with Crippen molar-refractivity contribution in [3.8, 4) is 0 Å². The molecule has 0 radical (unpaired) electrons. The lowest BCUT2D eigenvalue weighted by atomic mass is 9.95. The Labute approximate surface area is 150 Å². The van der Waals surface area contributed by atoms with Crippen LogP contribution < -0.4 is 11.2 Å². The fourth-order valence-electron chi connectivity index (χ4n) is 3.26. The lowest BCUT2D eigenvalue weighted by molar-refractivity contribution is 0.0707. The van der Waals surface area contributed by atoms with E-state index in [4.69, 9.17) is 0 Å². The van der Waals surface area contributed by atoms with Crippen LogP contribution in [0.25, 0.3) is 0 Å². The highest BCUT2D eigenvalue weighted by Crippen LogP contribution is 2.27. The third kappa shape index (κ3) is 3.93. The van der Waals surface area contributed by atoms with Gasteiger partial charge in [-0.25, -0.2) is 9.78 Å². The molecule has 0 aliphatic carbocycles. The summed E-state index contributed by atoms with van der Waals surface area (Å²) >= 11 is 0. The number of aromatic amines is 2. The van der Waals surface area contributed by atoms with E-state index in [1.807, 2.05) is 26.5 Å². The molecule has 2 aromatic heterocycles. The molecule has 0 bridgehead atoms. The minimum absolute atomic E-state index is 0.0319. The Morgan fingerprint density at radius 1 is 1.31 bits per heavy atom. The smallest absolute Gasteiger partial charge is 0.325 e. The maximum absolute atomic E-state index is 12.5. The van der Waals surface area contributed by atoms with Crippen LogP contribution in [-0.4, -0.2) is 69.0 Å². The van der Waals surface area contributed by atoms with Crippen molar-refractivity contribution in [2.24, 2.45) is 0 Å². The first-order valence-electron chi connectivity index (χ1n) is 8.72. The molecular weight excluding hydrogens is 336 g/mol. The first-order valence-corrected chi connectivity index (χ1v) is 8.72. The van der Waals surface area contributed by atoms with Crippen molar-refractivity contribution in [2.75, 3.05) is 33.7 Å². The van der Waals surface area contributed by atoms with Crippen molar-refractivity contribution < 1.29 is 4.79 Å². The molecule has 3 rings (SSSR count). The van der Waals surface area contributed by atoms with Crippen LogP contribution in [0.4, 0.5) is 0 Å². The van der Waals surface area contributed by atoms with E-state index in [1.165, 1.54) is 6.20 Å². The zero-order valence-corrected chi connectivity index (χ0v) is 15.1. The second-order valence-corrected chi connectivity index (χ2v) is 6.83. The average Bonchev–Trinajstić information content (AvgIpc) is 3.08. The summed E-state index contributed by atoms with van der Waals surface area (Å²) in [4.78, 5) is 48.2. The molecule has 26 heavy (non-hydrogen) atoms. The molecular formula is C17H24N6O3. The van der Waals surface area contributed by atoms with E-state index in [9.17, 15) is 14.4 Å². The van der Waals surface area contributed by atoms with Crippen molar-refractivity contribution in [3.05, 3.63) is 50.8 Å². The van der Waals surface area contributed by atoms with Crippen LogP contribution in [0.3, 0.4) is 0 Å². The molecule has 2 aromatic rings. The van der Waals surface area contributed by atoms with Gasteiger partial charge in [-0.2, -0.15) is 0 Å². The van der Waals surface area contributed by atoms with Gasteiger partial charge in [0.25, 0.3) is 11.5 Å². The first kappa shape index (κ1) is 18.1. The Hall–Kier alpha value is -2.68. The number of likely N-dealkylation sites (N-methyl/N-ethyl adjacent to an activating group) is 1. The van der Waals surface area contributed by atoms with Gasteiger partial charge in [-0.1, -0.05) is 0 Å². The predicted octanol–water partition coefficient (Wildman–Crippen LogP) is -0.159. The molecule has 9 nitrogen and oxygen atoms in total. The quantitative estimate of drug-likeness (QED) is 0.771. The summed E-state index contributed by atoms with van der Waals surface area (Å²) in [6.45, 7) is 2.94. The average molecular weight is 360 g/mol. The molecule has 0 spiro atoms. The lowest BCUT2D eigenvalue weighted by Crippen LogP contribution is -2.41. The molecule has 3 heterocycles. The van der Waals surface area contributed by atoms with Crippen LogP contribution in [0.2, 0.25) is 0 Å². The lowest BCUT2D eigenvalue weighted by Gasteiger charge is -2.31. The van der Waals surface area contributed by atoms with Crippen molar-refractivity contribution in [1.82, 2.24) is 29.3 Å². The monoisotopic (exact) mass is 360 g/mol. The number of hydrogen-bond acceptors (Lipinski definition) is 5. The molecule has 1 aliphatic rings. The van der Waals surface area contributed by atoms with Crippen molar-refractivity contribution >= 4 is 5.91 Å². The van der Waals surface area contributed by atoms with Gasteiger partial charge < -0.3 is 19.4 Å². The first-order chi connectivity index (χ1) is 12.5. The largest absolute Gasteiger partial charge is 0.338 e. The fourth-order valence-corrected chi connectivity index (χ4v) is 3.26. The number of amides is 1. The number of rotatable bonds is 5. The molecule has 2 N–H and O–H groups in total. The second kappa shape index (κ2) is 7.69. The molecule has 1 aliphatic heterocycles. The molecule has 1 amide bonds. The number of likely N-dealkylation sites (tertiary alicyclic amines) is 1. The van der Waals surface area contributed by atoms with E-state index in [2.05, 4.69) is 24.4 Å². The Balaban J connectivity index is 1.64. The van der Waals surface area contributed by atoms with Gasteiger partial charge in [-0.05, 0) is 26.9 Å². The predicted molar refractivity (Wildman–Crippen MR) is 96.3 cm³/mol. The molecule has 9 heteroatoms. The van der Waals surface area contributed by atoms with Crippen LogP contribution in [-0.2, 0) is 6.54 Å². The number of aromatic nitrogens is 4. The third-order valence-corrected chi connectivity index (χ3v) is 4.73. The summed E-state index contributed by atoms with van der Waals surface area (Å²) in [6.07, 6.45) is 6.60. The molecule has 0 atom stereocenters. The van der Waals surface area contributed by atoms with E-state index in [1.54, 1.807) is 4.90 Å². The van der Waals surface area contributed by atoms with Gasteiger partial charge in [0.2, 0.25) is 0 Å². The summed E-state index contributed by atoms with van der Waals surface area (Å²) in [6, 6.07) is 0. The topological polar surface area (TPSA) is 107 Å². The number of nitrogens with zero attached hydrogens (tertiary/aromatic N) is 4. The van der Waals surface area contributed by atoms with E-state index >= 15 is 0 Å². The van der Waals surface area contributed by atoms with E-state index in [0.717, 1.165) is 31.8 Å². The summed E-state index contributed by atoms with van der Waals surface area (Å²) in [5.41, 5.74) is -1.30. The SMILES string of the molecule is CN(C)CCn1ccnc1C1CCN(C(=O)c2c[nH]c(=O)[nH]c2=O)CC1. The number of carbonyl (C=O) groups is 1. The van der Waals surface area contributed by atoms with Gasteiger partial charge in [0.15, 0.2) is 0 Å². The molecule has 0 unspecified atom stereocenters. The Morgan fingerprint density at radius 2 is 2.04 bits per heavy atom. The summed E-state index contributed by atoms with van der Waals surface area (Å²) in [7, 11) is 4.08. The van der Waals surface area contributed by atoms with Crippen molar-refractivity contribution in [2.45, 2.75) is 25.3 Å². The maximum atomic E-state index is 12.5. The second-order valence-electron chi connectivity index (χ2n) is 6.83. The summed E-state index contributed by atoms with van der Waals surface area (Å²) < 4.78 is 2.18. The zero-order chi connectivity index (χ0) is 18.7. The van der Waals surface area contributed by atoms with E-state index < -0.39 is 11.2 Å². The number of hydrogen-bond donors (Lipinski definition) is 2. The molecule has 1 fully saturated rings. The minimum Gasteiger partial charge on any atom is -0.338 e. The van der Waals surface area contributed by atoms with Gasteiger partial charge in [0.1, 0.15) is 11.4 Å². The normalized spacial score (nSPS) is 15.6. The fraction of sp³-hybridized carbons (Fsp3) is 0.529. The highest BCUT2D eigenvalue weighted by atomic mass is 16.2. The number of imidazole rings is 1. The highest BCUT2D eigenvalue weighted by Gasteiger charge is 2.28. The number of carbonyl (C=O) groups excluding carboxylic acids is 1. The van der Waals surface area contributed by atoms with Crippen molar-refractivity contribution in [3.63, 3.8) is 0 Å². The Kier molecular flexibility index (Phi) is 5.36. The zero-order valence-electron chi connectivity index (χ0n) is 15.1. The number of piperidine rings is 1. The minimum atomic E-state index is -0.653. The number of H-pyrrole nitrogens is 2. The Morgan fingerprint density at radius 3 is 2.69 bits per heavy atom. The highest BCUT2D eigenvalue weighted by molar-refractivity contribution is 5.93. The molecule has 140 valence electrons. The van der Waals surface area contributed by atoms with Gasteiger partial charge in [0, 0.05) is 50.7 Å². The van der Waals surface area contributed by atoms with Crippen LogP contribution in [0.1, 0.15) is 34.9 Å². The van der Waals surface area contributed by atoms with Crippen LogP contribution in [0.15, 0.2) is 28.2 Å². The number of nitrogens with one attached hydrogen (secondary N) is 2. The van der Waals surface area contributed by atoms with Gasteiger partial charge in [-0.15, -0.1) is 0 Å². The van der Waals surface area contributed by atoms with Gasteiger partial charge in [-0.3, -0.25) is 14.6 Å². The molecule has 0 aromatic carbocycles. The summed E-state index contributed by atoms with van der Waals surface area (Å²) in [5, 5.41) is 0. The van der Waals surface area contributed by atoms with Crippen molar-refractivity contribution in [1.29, 1.82) is 0 Å². The molecule has 0 saturated carbocycles. The van der Waals surface area contributed by atoms with Crippen LogP contribution in [0, 0.1) is 0 Å². The van der Waals surface area contributed by atoms with Gasteiger partial charge in [0.05, 0.1) is 0 Å². The van der Waals surface area contributed by atoms with Crippen LogP contribution >= 0.6 is 0 Å². The van der Waals surface area contributed by atoms with E-state index in [0.29, 0.717) is 19.0 Å².